The van der Waals surface area contributed by atoms with Gasteiger partial charge in [0.25, 0.3) is 0 Å². The second-order valence-corrected chi connectivity index (χ2v) is 10.1. The van der Waals surface area contributed by atoms with Crippen LogP contribution in [0.4, 0.5) is 0 Å². The topological polar surface area (TPSA) is 117 Å². The van der Waals surface area contributed by atoms with Gasteiger partial charge in [-0.25, -0.2) is 17.9 Å². The summed E-state index contributed by atoms with van der Waals surface area (Å²) in [6.07, 6.45) is 8.26. The molecular weight excluding hydrogens is 454 g/mol. The molecule has 5 rings (SSSR count). The van der Waals surface area contributed by atoms with E-state index in [0.29, 0.717) is 5.52 Å². The Morgan fingerprint density at radius 2 is 1.76 bits per heavy atom. The van der Waals surface area contributed by atoms with Gasteiger partial charge >= 0.3 is 5.69 Å². The van der Waals surface area contributed by atoms with E-state index in [0.717, 1.165) is 45.1 Å². The van der Waals surface area contributed by atoms with Crippen molar-refractivity contribution in [1.29, 1.82) is 0 Å². The molecule has 0 atom stereocenters. The largest absolute Gasteiger partial charge is 0.328 e. The van der Waals surface area contributed by atoms with E-state index in [2.05, 4.69) is 19.8 Å². The highest BCUT2D eigenvalue weighted by atomic mass is 32.2. The molecule has 1 aromatic carbocycles. The van der Waals surface area contributed by atoms with Crippen LogP contribution in [0.5, 0.6) is 0 Å². The van der Waals surface area contributed by atoms with Crippen molar-refractivity contribution in [2.24, 2.45) is 14.1 Å². The third-order valence-electron chi connectivity index (χ3n) is 5.77. The summed E-state index contributed by atoms with van der Waals surface area (Å²) in [7, 11) is 0.189. The van der Waals surface area contributed by atoms with E-state index in [4.69, 9.17) is 0 Å². The van der Waals surface area contributed by atoms with E-state index >= 15 is 0 Å². The Kier molecular flexibility index (Phi) is 5.29. The molecule has 34 heavy (non-hydrogen) atoms. The molecule has 4 heterocycles. The molecule has 0 saturated heterocycles. The zero-order valence-corrected chi connectivity index (χ0v) is 19.7. The van der Waals surface area contributed by atoms with Gasteiger partial charge in [-0.1, -0.05) is 12.1 Å². The number of pyridine rings is 2. The minimum absolute atomic E-state index is 0.112. The minimum Gasteiger partial charge on any atom is -0.293 e. The predicted molar refractivity (Wildman–Crippen MR) is 131 cm³/mol. The second kappa shape index (κ2) is 8.19. The predicted octanol–water partition coefficient (Wildman–Crippen LogP) is 1.90. The third-order valence-corrected chi connectivity index (χ3v) is 6.49. The molecule has 0 bridgehead atoms. The maximum Gasteiger partial charge on any atom is 0.328 e. The molecule has 5 aromatic rings. The number of hydrogen-bond acceptors (Lipinski definition) is 6. The van der Waals surface area contributed by atoms with Crippen LogP contribution < -0.4 is 10.4 Å². The fourth-order valence-corrected chi connectivity index (χ4v) is 4.56. The lowest BCUT2D eigenvalue weighted by atomic mass is 10.0. The number of sulfonamides is 1. The number of rotatable bonds is 6. The number of nitrogens with one attached hydrogen (secondary N) is 1. The maximum atomic E-state index is 12.9. The van der Waals surface area contributed by atoms with Crippen molar-refractivity contribution < 1.29 is 8.42 Å². The fourth-order valence-electron chi connectivity index (χ4n) is 4.10. The van der Waals surface area contributed by atoms with Crippen LogP contribution in [0.3, 0.4) is 0 Å². The summed E-state index contributed by atoms with van der Waals surface area (Å²) in [4.78, 5) is 22.0. The molecule has 0 amide bonds. The van der Waals surface area contributed by atoms with Gasteiger partial charge in [0.05, 0.1) is 40.9 Å². The van der Waals surface area contributed by atoms with E-state index in [1.54, 1.807) is 28.7 Å². The summed E-state index contributed by atoms with van der Waals surface area (Å²) in [5.74, 6) is 0. The van der Waals surface area contributed by atoms with Crippen LogP contribution in [0.25, 0.3) is 44.3 Å². The molecule has 1 N–H and O–H groups in total. The van der Waals surface area contributed by atoms with E-state index in [1.165, 1.54) is 4.57 Å². The Hall–Kier alpha value is -3.83. The van der Waals surface area contributed by atoms with Crippen molar-refractivity contribution in [3.63, 3.8) is 0 Å². The first kappa shape index (κ1) is 22.0. The summed E-state index contributed by atoms with van der Waals surface area (Å²) in [6, 6.07) is 9.82. The molecule has 0 fully saturated rings. The van der Waals surface area contributed by atoms with Gasteiger partial charge in [-0.3, -0.25) is 23.8 Å². The molecule has 0 aliphatic heterocycles. The van der Waals surface area contributed by atoms with Gasteiger partial charge in [-0.2, -0.15) is 5.10 Å². The Morgan fingerprint density at radius 1 is 0.971 bits per heavy atom. The number of hydrogen-bond donors (Lipinski definition) is 1. The van der Waals surface area contributed by atoms with E-state index in [1.807, 2.05) is 49.8 Å². The number of imidazole rings is 1. The molecule has 0 saturated carbocycles. The summed E-state index contributed by atoms with van der Waals surface area (Å²) < 4.78 is 30.3. The van der Waals surface area contributed by atoms with Crippen LogP contribution in [0.1, 0.15) is 0 Å². The first-order valence-corrected chi connectivity index (χ1v) is 12.5. The molecule has 174 valence electrons. The average molecular weight is 478 g/mol. The maximum absolute atomic E-state index is 12.9. The lowest BCUT2D eigenvalue weighted by Gasteiger charge is -2.08. The lowest BCUT2D eigenvalue weighted by molar-refractivity contribution is 0.577. The Bertz CT molecular complexity index is 1700. The highest BCUT2D eigenvalue weighted by Gasteiger charge is 2.16. The minimum atomic E-state index is -3.36. The van der Waals surface area contributed by atoms with Gasteiger partial charge in [0.15, 0.2) is 0 Å². The Morgan fingerprint density at radius 3 is 2.44 bits per heavy atom. The fraction of sp³-hybridized carbons (Fsp3) is 0.217. The quantitative estimate of drug-likeness (QED) is 0.399. The molecule has 0 radical (unpaired) electrons. The summed E-state index contributed by atoms with van der Waals surface area (Å²) in [5.41, 5.74) is 5.54. The van der Waals surface area contributed by atoms with Crippen LogP contribution in [0.15, 0.2) is 59.9 Å². The van der Waals surface area contributed by atoms with Gasteiger partial charge in [0.1, 0.15) is 0 Å². The van der Waals surface area contributed by atoms with Gasteiger partial charge in [0.2, 0.25) is 10.0 Å². The van der Waals surface area contributed by atoms with Gasteiger partial charge in [0, 0.05) is 56.1 Å². The number of aromatic nitrogens is 6. The molecule has 0 aliphatic rings. The van der Waals surface area contributed by atoms with Gasteiger partial charge in [-0.05, 0) is 23.8 Å². The van der Waals surface area contributed by atoms with Crippen molar-refractivity contribution in [3.8, 4) is 22.4 Å². The van der Waals surface area contributed by atoms with Crippen molar-refractivity contribution in [3.05, 3.63) is 65.6 Å². The smallest absolute Gasteiger partial charge is 0.293 e. The number of fused-ring (bicyclic) bond motifs is 3. The van der Waals surface area contributed by atoms with E-state index in [-0.39, 0.29) is 18.8 Å². The van der Waals surface area contributed by atoms with Crippen molar-refractivity contribution in [2.45, 2.75) is 6.54 Å². The van der Waals surface area contributed by atoms with Crippen LogP contribution in [0.2, 0.25) is 0 Å². The molecule has 0 unspecified atom stereocenters. The SMILES string of the molecule is Cn1cc(-c2ccc(-c3ccc4ncc5c(c4c3)n(CCNS(C)(=O)=O)c(=O)n5C)cn2)cn1. The summed E-state index contributed by atoms with van der Waals surface area (Å²) >= 11 is 0. The van der Waals surface area contributed by atoms with Gasteiger partial charge in [-0.15, -0.1) is 0 Å². The molecule has 0 aliphatic carbocycles. The van der Waals surface area contributed by atoms with E-state index < -0.39 is 10.0 Å². The first-order chi connectivity index (χ1) is 16.2. The zero-order chi connectivity index (χ0) is 24.0. The normalized spacial score (nSPS) is 12.1. The highest BCUT2D eigenvalue weighted by molar-refractivity contribution is 7.88. The monoisotopic (exact) mass is 477 g/mol. The summed E-state index contributed by atoms with van der Waals surface area (Å²) in [5, 5.41) is 5.00. The van der Waals surface area contributed by atoms with Crippen LogP contribution in [-0.4, -0.2) is 50.1 Å². The molecular formula is C23H23N7O3S. The zero-order valence-electron chi connectivity index (χ0n) is 18.9. The van der Waals surface area contributed by atoms with Crippen molar-refractivity contribution >= 4 is 32.0 Å². The van der Waals surface area contributed by atoms with Crippen molar-refractivity contribution in [1.82, 2.24) is 33.6 Å². The lowest BCUT2D eigenvalue weighted by Crippen LogP contribution is -2.30. The van der Waals surface area contributed by atoms with Crippen LogP contribution in [-0.2, 0) is 30.7 Å². The van der Waals surface area contributed by atoms with Crippen molar-refractivity contribution in [2.75, 3.05) is 12.8 Å². The second-order valence-electron chi connectivity index (χ2n) is 8.22. The van der Waals surface area contributed by atoms with E-state index in [9.17, 15) is 13.2 Å². The number of aryl methyl sites for hydroxylation is 2. The standard InChI is InChI=1S/C23H23N7O3S/c1-28-14-17(12-26-28)19-6-5-16(11-24-19)15-4-7-20-18(10-15)22-21(13-25-20)29(2)23(31)30(22)9-8-27-34(3,32)33/h4-7,10-14,27H,8-9H2,1-3H3. The molecule has 4 aromatic heterocycles. The third kappa shape index (κ3) is 3.99. The summed E-state index contributed by atoms with van der Waals surface area (Å²) in [6.45, 7) is 0.315. The molecule has 11 heteroatoms. The Balaban J connectivity index is 1.59. The van der Waals surface area contributed by atoms with Crippen LogP contribution in [0, 0.1) is 0 Å². The Labute approximate surface area is 195 Å². The molecule has 0 spiro atoms. The molecule has 10 nitrogen and oxygen atoms in total. The highest BCUT2D eigenvalue weighted by Crippen LogP contribution is 2.29. The number of benzene rings is 1. The number of nitrogens with zero attached hydrogens (tertiary/aromatic N) is 6. The van der Waals surface area contributed by atoms with Crippen LogP contribution >= 0.6 is 0 Å². The van der Waals surface area contributed by atoms with Gasteiger partial charge < -0.3 is 0 Å². The first-order valence-electron chi connectivity index (χ1n) is 10.6. The average Bonchev–Trinajstić information content (AvgIpc) is 3.35.